The van der Waals surface area contributed by atoms with Gasteiger partial charge in [0.25, 0.3) is 0 Å². The van der Waals surface area contributed by atoms with Crippen molar-refractivity contribution in [2.24, 2.45) is 0 Å². The van der Waals surface area contributed by atoms with Gasteiger partial charge in [-0.25, -0.2) is 19.0 Å². The van der Waals surface area contributed by atoms with E-state index >= 15 is 0 Å². The molecule has 1 unspecified atom stereocenters. The maximum atomic E-state index is 13.9. The highest BCUT2D eigenvalue weighted by atomic mass is 19.1. The fourth-order valence-electron chi connectivity index (χ4n) is 4.62. The summed E-state index contributed by atoms with van der Waals surface area (Å²) in [7, 11) is 0. The Hall–Kier alpha value is -3.82. The molecule has 4 N–H and O–H groups in total. The summed E-state index contributed by atoms with van der Waals surface area (Å²) in [5.41, 5.74) is 9.49. The average molecular weight is 458 g/mol. The minimum atomic E-state index is -1.13. The van der Waals surface area contributed by atoms with Gasteiger partial charge < -0.3 is 20.6 Å². The normalized spacial score (nSPS) is 18.9. The SMILES string of the molecule is Nc1ncnc2c1c(C(O)c1c[nH]c3ccc(F)cc13)nn2C1CC(OCc2ccccc2)C1. The van der Waals surface area contributed by atoms with Gasteiger partial charge >= 0.3 is 0 Å². The summed E-state index contributed by atoms with van der Waals surface area (Å²) < 4.78 is 21.7. The minimum Gasteiger partial charge on any atom is -0.383 e. The van der Waals surface area contributed by atoms with Crippen LogP contribution in [0.25, 0.3) is 21.9 Å². The van der Waals surface area contributed by atoms with Gasteiger partial charge in [0, 0.05) is 22.7 Å². The molecule has 0 amide bonds. The van der Waals surface area contributed by atoms with Crippen molar-refractivity contribution in [2.75, 3.05) is 5.73 Å². The van der Waals surface area contributed by atoms with Gasteiger partial charge in [-0.05, 0) is 36.6 Å². The lowest BCUT2D eigenvalue weighted by atomic mass is 9.89. The molecule has 0 saturated heterocycles. The van der Waals surface area contributed by atoms with Gasteiger partial charge in [0.1, 0.15) is 29.8 Å². The number of nitrogens with zero attached hydrogens (tertiary/aromatic N) is 4. The number of H-pyrrole nitrogens is 1. The summed E-state index contributed by atoms with van der Waals surface area (Å²) in [4.78, 5) is 11.6. The molecule has 1 fully saturated rings. The smallest absolute Gasteiger partial charge is 0.163 e. The molecule has 3 aromatic heterocycles. The van der Waals surface area contributed by atoms with Crippen LogP contribution in [-0.2, 0) is 11.3 Å². The fraction of sp³-hybridized carbons (Fsp3) is 0.240. The Bertz CT molecular complexity index is 1480. The van der Waals surface area contributed by atoms with Crippen LogP contribution in [0.4, 0.5) is 10.2 Å². The Morgan fingerprint density at radius 3 is 2.82 bits per heavy atom. The number of nitrogens with two attached hydrogens (primary N) is 1. The number of aliphatic hydroxyl groups is 1. The van der Waals surface area contributed by atoms with Crippen molar-refractivity contribution in [3.63, 3.8) is 0 Å². The third-order valence-electron chi connectivity index (χ3n) is 6.52. The summed E-state index contributed by atoms with van der Waals surface area (Å²) in [5, 5.41) is 17.1. The number of nitrogen functional groups attached to an aromatic ring is 1. The van der Waals surface area contributed by atoms with Gasteiger partial charge in [-0.2, -0.15) is 5.10 Å². The topological polar surface area (TPSA) is 115 Å². The molecule has 34 heavy (non-hydrogen) atoms. The number of halogens is 1. The van der Waals surface area contributed by atoms with Crippen molar-refractivity contribution >= 4 is 27.8 Å². The number of hydrogen-bond acceptors (Lipinski definition) is 6. The van der Waals surface area contributed by atoms with Crippen molar-refractivity contribution < 1.29 is 14.2 Å². The molecule has 8 nitrogen and oxygen atoms in total. The van der Waals surface area contributed by atoms with E-state index in [9.17, 15) is 9.50 Å². The first kappa shape index (κ1) is 20.8. The zero-order chi connectivity index (χ0) is 23.2. The lowest BCUT2D eigenvalue weighted by Crippen LogP contribution is -2.34. The number of aromatic nitrogens is 5. The Labute approximate surface area is 194 Å². The van der Waals surface area contributed by atoms with Crippen LogP contribution < -0.4 is 5.73 Å². The zero-order valence-electron chi connectivity index (χ0n) is 18.2. The van der Waals surface area contributed by atoms with Crippen LogP contribution in [-0.4, -0.2) is 35.9 Å². The van der Waals surface area contributed by atoms with E-state index in [2.05, 4.69) is 15.0 Å². The fourth-order valence-corrected chi connectivity index (χ4v) is 4.62. The van der Waals surface area contributed by atoms with Gasteiger partial charge in [-0.3, -0.25) is 0 Å². The van der Waals surface area contributed by atoms with E-state index in [-0.39, 0.29) is 23.8 Å². The molecular formula is C25H23FN6O2. The number of rotatable bonds is 6. The lowest BCUT2D eigenvalue weighted by molar-refractivity contribution is -0.0376. The maximum Gasteiger partial charge on any atom is 0.163 e. The minimum absolute atomic E-state index is 0.0685. The number of aromatic amines is 1. The van der Waals surface area contributed by atoms with Gasteiger partial charge in [-0.1, -0.05) is 30.3 Å². The predicted octanol–water partition coefficient (Wildman–Crippen LogP) is 4.03. The third kappa shape index (κ3) is 3.49. The Kier molecular flexibility index (Phi) is 5.00. The lowest BCUT2D eigenvalue weighted by Gasteiger charge is -2.35. The molecule has 0 radical (unpaired) electrons. The van der Waals surface area contributed by atoms with E-state index in [1.807, 2.05) is 35.0 Å². The molecule has 172 valence electrons. The quantitative estimate of drug-likeness (QED) is 0.354. The van der Waals surface area contributed by atoms with Crippen LogP contribution >= 0.6 is 0 Å². The highest BCUT2D eigenvalue weighted by Gasteiger charge is 2.35. The highest BCUT2D eigenvalue weighted by Crippen LogP contribution is 2.40. The number of anilines is 1. The molecule has 1 aliphatic rings. The monoisotopic (exact) mass is 458 g/mol. The van der Waals surface area contributed by atoms with Crippen LogP contribution in [0.2, 0.25) is 0 Å². The van der Waals surface area contributed by atoms with E-state index in [4.69, 9.17) is 15.6 Å². The summed E-state index contributed by atoms with van der Waals surface area (Å²) in [6, 6.07) is 14.5. The summed E-state index contributed by atoms with van der Waals surface area (Å²) in [5.74, 6) is -0.137. The van der Waals surface area contributed by atoms with Crippen LogP contribution in [0.1, 0.15) is 41.8 Å². The van der Waals surface area contributed by atoms with Gasteiger partial charge in [-0.15, -0.1) is 0 Å². The first-order valence-electron chi connectivity index (χ1n) is 11.2. The van der Waals surface area contributed by atoms with Crippen LogP contribution in [0.15, 0.2) is 61.1 Å². The molecule has 6 rings (SSSR count). The highest BCUT2D eigenvalue weighted by molar-refractivity contribution is 5.90. The Balaban J connectivity index is 1.29. The number of ether oxygens (including phenoxy) is 1. The average Bonchev–Trinajstić information content (AvgIpc) is 3.41. The van der Waals surface area contributed by atoms with E-state index in [1.165, 1.54) is 18.5 Å². The standard InChI is InChI=1S/C25H23FN6O2/c26-15-6-7-20-18(8-15)19(11-28-20)23(33)22-21-24(27)29-13-30-25(21)32(31-22)16-9-17(10-16)34-12-14-4-2-1-3-5-14/h1-8,11,13,16-17,23,28,33H,9-10,12H2,(H2,27,29,30). The predicted molar refractivity (Wildman–Crippen MR) is 125 cm³/mol. The molecule has 1 aliphatic carbocycles. The molecule has 0 aliphatic heterocycles. The van der Waals surface area contributed by atoms with Gasteiger partial charge in [0.05, 0.1) is 24.1 Å². The van der Waals surface area contributed by atoms with Crippen LogP contribution in [0.5, 0.6) is 0 Å². The molecule has 2 aromatic carbocycles. The second kappa shape index (κ2) is 8.19. The summed E-state index contributed by atoms with van der Waals surface area (Å²) in [6.07, 6.45) is 3.61. The molecule has 0 spiro atoms. The Morgan fingerprint density at radius 2 is 2.00 bits per heavy atom. The molecular weight excluding hydrogens is 435 g/mol. The molecule has 5 aromatic rings. The van der Waals surface area contributed by atoms with Crippen molar-refractivity contribution in [1.29, 1.82) is 0 Å². The molecule has 1 saturated carbocycles. The molecule has 3 heterocycles. The zero-order valence-corrected chi connectivity index (χ0v) is 18.2. The molecule has 1 atom stereocenters. The van der Waals surface area contributed by atoms with E-state index in [0.717, 1.165) is 23.9 Å². The van der Waals surface area contributed by atoms with Gasteiger partial charge in [0.15, 0.2) is 5.65 Å². The van der Waals surface area contributed by atoms with Crippen molar-refractivity contribution in [3.8, 4) is 0 Å². The largest absolute Gasteiger partial charge is 0.383 e. The van der Waals surface area contributed by atoms with Crippen LogP contribution in [0.3, 0.4) is 0 Å². The number of nitrogens with one attached hydrogen (secondary N) is 1. The third-order valence-corrected chi connectivity index (χ3v) is 6.52. The second-order valence-corrected chi connectivity index (χ2v) is 8.67. The van der Waals surface area contributed by atoms with E-state index in [0.29, 0.717) is 34.3 Å². The van der Waals surface area contributed by atoms with Crippen molar-refractivity contribution in [1.82, 2.24) is 24.7 Å². The van der Waals surface area contributed by atoms with Crippen molar-refractivity contribution in [3.05, 3.63) is 83.7 Å². The summed E-state index contributed by atoms with van der Waals surface area (Å²) >= 11 is 0. The number of hydrogen-bond donors (Lipinski definition) is 3. The second-order valence-electron chi connectivity index (χ2n) is 8.67. The molecule has 0 bridgehead atoms. The first-order chi connectivity index (χ1) is 16.6. The first-order valence-corrected chi connectivity index (χ1v) is 11.2. The van der Waals surface area contributed by atoms with E-state index < -0.39 is 6.10 Å². The summed E-state index contributed by atoms with van der Waals surface area (Å²) in [6.45, 7) is 0.564. The maximum absolute atomic E-state index is 13.9. The number of benzene rings is 2. The molecule has 9 heteroatoms. The van der Waals surface area contributed by atoms with E-state index in [1.54, 1.807) is 12.3 Å². The van der Waals surface area contributed by atoms with Gasteiger partial charge in [0.2, 0.25) is 0 Å². The van der Waals surface area contributed by atoms with Crippen LogP contribution in [0, 0.1) is 5.82 Å². The Morgan fingerprint density at radius 1 is 1.18 bits per heavy atom. The van der Waals surface area contributed by atoms with Crippen molar-refractivity contribution in [2.45, 2.75) is 37.7 Å². The number of fused-ring (bicyclic) bond motifs is 2. The number of aliphatic hydroxyl groups excluding tert-OH is 1.